The molecule has 5 nitrogen and oxygen atoms in total. The highest BCUT2D eigenvalue weighted by atomic mass is 16.1. The molecule has 1 N–H and O–H groups in total. The number of nitrogens with one attached hydrogen (secondary N) is 1. The zero-order valence-electron chi connectivity index (χ0n) is 15.1. The monoisotopic (exact) mass is 356 g/mol. The Balaban J connectivity index is 1.44. The van der Waals surface area contributed by atoms with E-state index in [-0.39, 0.29) is 5.91 Å². The molecule has 1 fully saturated rings. The predicted octanol–water partition coefficient (Wildman–Crippen LogP) is 4.00. The van der Waals surface area contributed by atoms with Gasteiger partial charge in [0.1, 0.15) is 5.65 Å². The Labute approximate surface area is 157 Å². The number of imidazole rings is 1. The summed E-state index contributed by atoms with van der Waals surface area (Å²) >= 11 is 0. The number of para-hydroxylation sites is 1. The number of rotatable bonds is 4. The minimum absolute atomic E-state index is 0.0794. The van der Waals surface area contributed by atoms with Crippen molar-refractivity contribution in [3.05, 3.63) is 77.4 Å². The van der Waals surface area contributed by atoms with Gasteiger partial charge in [-0.15, -0.1) is 0 Å². The number of aromatic nitrogens is 3. The molecule has 4 aromatic rings. The molecule has 27 heavy (non-hydrogen) atoms. The molecule has 1 aliphatic carbocycles. The Bertz CT molecular complexity index is 1170. The van der Waals surface area contributed by atoms with E-state index < -0.39 is 0 Å². The Morgan fingerprint density at radius 1 is 1.19 bits per heavy atom. The number of pyridine rings is 2. The Morgan fingerprint density at radius 2 is 2.04 bits per heavy atom. The minimum atomic E-state index is -0.0794. The third kappa shape index (κ3) is 2.95. The van der Waals surface area contributed by atoms with Crippen molar-refractivity contribution < 1.29 is 4.79 Å². The van der Waals surface area contributed by atoms with Crippen molar-refractivity contribution in [3.63, 3.8) is 0 Å². The summed E-state index contributed by atoms with van der Waals surface area (Å²) in [4.78, 5) is 22.3. The first-order chi connectivity index (χ1) is 13.2. The normalized spacial score (nSPS) is 14.0. The number of carbonyl (C=O) groups excluding carboxylic acids is 1. The first-order valence-electron chi connectivity index (χ1n) is 9.30. The van der Waals surface area contributed by atoms with Crippen molar-refractivity contribution in [1.29, 1.82) is 0 Å². The van der Waals surface area contributed by atoms with Crippen molar-refractivity contribution in [1.82, 2.24) is 19.7 Å². The molecule has 0 unspecified atom stereocenters. The van der Waals surface area contributed by atoms with Gasteiger partial charge in [-0.2, -0.15) is 0 Å². The summed E-state index contributed by atoms with van der Waals surface area (Å²) in [6.45, 7) is 2.43. The van der Waals surface area contributed by atoms with Gasteiger partial charge >= 0.3 is 0 Å². The lowest BCUT2D eigenvalue weighted by Crippen LogP contribution is -2.23. The van der Waals surface area contributed by atoms with E-state index in [1.807, 2.05) is 66.2 Å². The Kier molecular flexibility index (Phi) is 3.67. The highest BCUT2D eigenvalue weighted by Crippen LogP contribution is 2.40. The van der Waals surface area contributed by atoms with Crippen molar-refractivity contribution in [2.75, 3.05) is 0 Å². The van der Waals surface area contributed by atoms with Gasteiger partial charge in [-0.1, -0.05) is 24.3 Å². The van der Waals surface area contributed by atoms with Crippen LogP contribution in [0, 0.1) is 6.92 Å². The standard InChI is InChI=1S/C22H20N4O/c1-14-5-4-10-26-13-16(24-21(14)26)12-23-22(27)18-11-20(15-8-9-15)25-19-7-3-2-6-17(18)19/h2-7,10-11,13,15H,8-9,12H2,1H3,(H,23,27). The topological polar surface area (TPSA) is 59.3 Å². The highest BCUT2D eigenvalue weighted by molar-refractivity contribution is 6.06. The van der Waals surface area contributed by atoms with Gasteiger partial charge in [-0.3, -0.25) is 9.78 Å². The summed E-state index contributed by atoms with van der Waals surface area (Å²) in [5.74, 6) is 0.423. The number of fused-ring (bicyclic) bond motifs is 2. The summed E-state index contributed by atoms with van der Waals surface area (Å²) in [5, 5.41) is 3.93. The second-order valence-electron chi connectivity index (χ2n) is 7.22. The lowest BCUT2D eigenvalue weighted by atomic mass is 10.1. The van der Waals surface area contributed by atoms with Gasteiger partial charge in [-0.25, -0.2) is 4.98 Å². The lowest BCUT2D eigenvalue weighted by molar-refractivity contribution is 0.0952. The number of aryl methyl sites for hydroxylation is 1. The smallest absolute Gasteiger partial charge is 0.252 e. The average molecular weight is 356 g/mol. The van der Waals surface area contributed by atoms with Crippen molar-refractivity contribution >= 4 is 22.5 Å². The van der Waals surface area contributed by atoms with Crippen LogP contribution in [0.15, 0.2) is 54.9 Å². The molecule has 0 spiro atoms. The van der Waals surface area contributed by atoms with Gasteiger partial charge in [0.05, 0.1) is 23.3 Å². The molecule has 1 saturated carbocycles. The first-order valence-corrected chi connectivity index (χ1v) is 9.30. The van der Waals surface area contributed by atoms with Gasteiger partial charge < -0.3 is 9.72 Å². The molecule has 3 heterocycles. The molecular weight excluding hydrogens is 336 g/mol. The molecule has 5 rings (SSSR count). The molecule has 1 aliphatic rings. The predicted molar refractivity (Wildman–Crippen MR) is 105 cm³/mol. The van der Waals surface area contributed by atoms with Crippen LogP contribution < -0.4 is 5.32 Å². The van der Waals surface area contributed by atoms with Crippen LogP contribution in [0.5, 0.6) is 0 Å². The van der Waals surface area contributed by atoms with E-state index in [1.165, 1.54) is 0 Å². The number of amides is 1. The molecule has 5 heteroatoms. The fourth-order valence-electron chi connectivity index (χ4n) is 3.53. The first kappa shape index (κ1) is 16.0. The molecule has 0 saturated heterocycles. The zero-order valence-corrected chi connectivity index (χ0v) is 15.1. The van der Waals surface area contributed by atoms with E-state index in [2.05, 4.69) is 10.3 Å². The summed E-state index contributed by atoms with van der Waals surface area (Å²) in [5.41, 5.74) is 5.50. The van der Waals surface area contributed by atoms with Gasteiger partial charge in [0.15, 0.2) is 0 Å². The maximum absolute atomic E-state index is 12.9. The number of hydrogen-bond acceptors (Lipinski definition) is 3. The van der Waals surface area contributed by atoms with Gasteiger partial charge in [0.25, 0.3) is 5.91 Å². The van der Waals surface area contributed by atoms with Crippen LogP contribution in [-0.4, -0.2) is 20.3 Å². The molecule has 1 aromatic carbocycles. The average Bonchev–Trinajstić information content (AvgIpc) is 3.45. The molecular formula is C22H20N4O. The number of nitrogens with zero attached hydrogens (tertiary/aromatic N) is 3. The van der Waals surface area contributed by atoms with E-state index >= 15 is 0 Å². The van der Waals surface area contributed by atoms with E-state index in [1.54, 1.807) is 0 Å². The number of hydrogen-bond donors (Lipinski definition) is 1. The number of carbonyl (C=O) groups is 1. The Morgan fingerprint density at radius 3 is 2.85 bits per heavy atom. The summed E-state index contributed by atoms with van der Waals surface area (Å²) in [6, 6.07) is 13.8. The van der Waals surface area contributed by atoms with Crippen LogP contribution in [0.2, 0.25) is 0 Å². The molecule has 0 bridgehead atoms. The van der Waals surface area contributed by atoms with Gasteiger partial charge in [0, 0.05) is 29.4 Å². The van der Waals surface area contributed by atoms with Crippen LogP contribution in [0.25, 0.3) is 16.6 Å². The maximum Gasteiger partial charge on any atom is 0.252 e. The molecule has 134 valence electrons. The number of benzene rings is 1. The fraction of sp³-hybridized carbons (Fsp3) is 0.227. The van der Waals surface area contributed by atoms with Crippen molar-refractivity contribution in [2.24, 2.45) is 0 Å². The molecule has 0 radical (unpaired) electrons. The van der Waals surface area contributed by atoms with Crippen LogP contribution in [0.3, 0.4) is 0 Å². The van der Waals surface area contributed by atoms with Crippen LogP contribution in [0.1, 0.15) is 46.1 Å². The molecule has 0 atom stereocenters. The molecule has 3 aromatic heterocycles. The zero-order chi connectivity index (χ0) is 18.4. The molecule has 0 aliphatic heterocycles. The minimum Gasteiger partial charge on any atom is -0.346 e. The van der Waals surface area contributed by atoms with Crippen LogP contribution >= 0.6 is 0 Å². The largest absolute Gasteiger partial charge is 0.346 e. The van der Waals surface area contributed by atoms with E-state index in [0.29, 0.717) is 18.0 Å². The van der Waals surface area contributed by atoms with Gasteiger partial charge in [0.2, 0.25) is 0 Å². The summed E-state index contributed by atoms with van der Waals surface area (Å²) in [6.07, 6.45) is 6.25. The maximum atomic E-state index is 12.9. The summed E-state index contributed by atoms with van der Waals surface area (Å²) in [7, 11) is 0. The van der Waals surface area contributed by atoms with Crippen LogP contribution in [-0.2, 0) is 6.54 Å². The quantitative estimate of drug-likeness (QED) is 0.601. The Hall–Kier alpha value is -3.21. The fourth-order valence-corrected chi connectivity index (χ4v) is 3.53. The van der Waals surface area contributed by atoms with Crippen molar-refractivity contribution in [2.45, 2.75) is 32.2 Å². The highest BCUT2D eigenvalue weighted by Gasteiger charge is 2.26. The van der Waals surface area contributed by atoms with E-state index in [4.69, 9.17) is 4.98 Å². The molecule has 1 amide bonds. The van der Waals surface area contributed by atoms with E-state index in [9.17, 15) is 4.79 Å². The third-order valence-electron chi connectivity index (χ3n) is 5.13. The van der Waals surface area contributed by atoms with Crippen molar-refractivity contribution in [3.8, 4) is 0 Å². The van der Waals surface area contributed by atoms with Gasteiger partial charge in [-0.05, 0) is 43.5 Å². The second kappa shape index (κ2) is 6.20. The van der Waals surface area contributed by atoms with Crippen LogP contribution in [0.4, 0.5) is 0 Å². The second-order valence-corrected chi connectivity index (χ2v) is 7.22. The summed E-state index contributed by atoms with van der Waals surface area (Å²) < 4.78 is 1.99. The lowest BCUT2D eigenvalue weighted by Gasteiger charge is -2.09. The van der Waals surface area contributed by atoms with E-state index in [0.717, 1.165) is 46.3 Å². The SMILES string of the molecule is Cc1cccn2cc(CNC(=O)c3cc(C4CC4)nc4ccccc34)nc12. The third-order valence-corrected chi connectivity index (χ3v) is 5.13.